The Bertz CT molecular complexity index is 776. The Balaban J connectivity index is 2.06. The minimum absolute atomic E-state index is 0.175. The number of halogens is 1. The second kappa shape index (κ2) is 5.42. The van der Waals surface area contributed by atoms with Gasteiger partial charge in [0.15, 0.2) is 0 Å². The van der Waals surface area contributed by atoms with Crippen LogP contribution in [0.3, 0.4) is 0 Å². The van der Waals surface area contributed by atoms with Crippen molar-refractivity contribution in [3.05, 3.63) is 77.1 Å². The van der Waals surface area contributed by atoms with Gasteiger partial charge < -0.3 is 5.73 Å². The molecule has 3 aromatic rings. The first kappa shape index (κ1) is 13.4. The second-order valence-corrected chi connectivity index (χ2v) is 5.00. The van der Waals surface area contributed by atoms with Crippen LogP contribution in [0.25, 0.3) is 5.69 Å². The summed E-state index contributed by atoms with van der Waals surface area (Å²) in [5.41, 5.74) is 7.92. The number of ketones is 1. The SMILES string of the molecule is Nc1cc(Cl)cc(C(=O)c2ccnn2-c2ccccc2)c1. The molecule has 0 atom stereocenters. The molecule has 3 rings (SSSR count). The normalized spacial score (nSPS) is 10.5. The molecule has 104 valence electrons. The number of nitrogen functional groups attached to an aromatic ring is 1. The first-order valence-corrected chi connectivity index (χ1v) is 6.73. The standard InChI is InChI=1S/C16H12ClN3O/c17-12-8-11(9-13(18)10-12)16(21)15-6-7-19-20(15)14-4-2-1-3-5-14/h1-10H,18H2. The van der Waals surface area contributed by atoms with Crippen LogP contribution in [-0.2, 0) is 0 Å². The van der Waals surface area contributed by atoms with E-state index in [2.05, 4.69) is 5.10 Å². The number of hydrogen-bond donors (Lipinski definition) is 1. The van der Waals surface area contributed by atoms with Crippen LogP contribution in [0, 0.1) is 0 Å². The lowest BCUT2D eigenvalue weighted by molar-refractivity contribution is 0.103. The van der Waals surface area contributed by atoms with Gasteiger partial charge in [-0.2, -0.15) is 5.10 Å². The quantitative estimate of drug-likeness (QED) is 0.596. The minimum Gasteiger partial charge on any atom is -0.399 e. The fourth-order valence-corrected chi connectivity index (χ4v) is 2.39. The molecule has 2 aromatic carbocycles. The third-order valence-electron chi connectivity index (χ3n) is 3.06. The molecule has 0 aliphatic rings. The lowest BCUT2D eigenvalue weighted by Gasteiger charge is -2.07. The van der Waals surface area contributed by atoms with Gasteiger partial charge in [0.2, 0.25) is 5.78 Å². The van der Waals surface area contributed by atoms with Crippen LogP contribution in [0.5, 0.6) is 0 Å². The molecule has 4 nitrogen and oxygen atoms in total. The van der Waals surface area contributed by atoms with Crippen molar-refractivity contribution >= 4 is 23.1 Å². The third-order valence-corrected chi connectivity index (χ3v) is 3.28. The van der Waals surface area contributed by atoms with Gasteiger partial charge in [-0.05, 0) is 36.4 Å². The summed E-state index contributed by atoms with van der Waals surface area (Å²) >= 11 is 5.96. The minimum atomic E-state index is -0.175. The van der Waals surface area contributed by atoms with Crippen LogP contribution in [0.2, 0.25) is 5.02 Å². The molecule has 0 saturated carbocycles. The molecule has 1 aromatic heterocycles. The highest BCUT2D eigenvalue weighted by molar-refractivity contribution is 6.31. The number of nitrogens with zero attached hydrogens (tertiary/aromatic N) is 2. The van der Waals surface area contributed by atoms with Crippen molar-refractivity contribution in [2.24, 2.45) is 0 Å². The highest BCUT2D eigenvalue weighted by Crippen LogP contribution is 2.20. The van der Waals surface area contributed by atoms with Crippen LogP contribution in [0.1, 0.15) is 16.1 Å². The van der Waals surface area contributed by atoms with Gasteiger partial charge in [-0.15, -0.1) is 0 Å². The zero-order valence-electron chi connectivity index (χ0n) is 11.0. The maximum Gasteiger partial charge on any atom is 0.211 e. The van der Waals surface area contributed by atoms with Crippen LogP contribution in [-0.4, -0.2) is 15.6 Å². The van der Waals surface area contributed by atoms with Crippen molar-refractivity contribution < 1.29 is 4.79 Å². The lowest BCUT2D eigenvalue weighted by atomic mass is 10.1. The number of carbonyl (C=O) groups is 1. The number of rotatable bonds is 3. The predicted octanol–water partition coefficient (Wildman–Crippen LogP) is 3.34. The molecule has 0 aliphatic carbocycles. The first-order chi connectivity index (χ1) is 10.1. The predicted molar refractivity (Wildman–Crippen MR) is 82.9 cm³/mol. The average Bonchev–Trinajstić information content (AvgIpc) is 2.95. The van der Waals surface area contributed by atoms with Crippen LogP contribution < -0.4 is 5.73 Å². The highest BCUT2D eigenvalue weighted by atomic mass is 35.5. The van der Waals surface area contributed by atoms with Gasteiger partial charge in [0.1, 0.15) is 5.69 Å². The van der Waals surface area contributed by atoms with Gasteiger partial charge in [0, 0.05) is 16.3 Å². The molecular formula is C16H12ClN3O. The van der Waals surface area contributed by atoms with E-state index in [0.29, 0.717) is 22.0 Å². The Morgan fingerprint density at radius 2 is 1.86 bits per heavy atom. The Morgan fingerprint density at radius 3 is 2.57 bits per heavy atom. The van der Waals surface area contributed by atoms with E-state index in [1.807, 2.05) is 30.3 Å². The number of aromatic nitrogens is 2. The number of carbonyl (C=O) groups excluding carboxylic acids is 1. The maximum absolute atomic E-state index is 12.6. The molecule has 0 spiro atoms. The third kappa shape index (κ3) is 2.66. The molecule has 0 bridgehead atoms. The summed E-state index contributed by atoms with van der Waals surface area (Å²) < 4.78 is 1.60. The maximum atomic E-state index is 12.6. The molecular weight excluding hydrogens is 286 g/mol. The van der Waals surface area contributed by atoms with Gasteiger partial charge in [-0.3, -0.25) is 4.79 Å². The number of anilines is 1. The summed E-state index contributed by atoms with van der Waals surface area (Å²) in [6.07, 6.45) is 1.59. The van der Waals surface area contributed by atoms with E-state index in [-0.39, 0.29) is 5.78 Å². The van der Waals surface area contributed by atoms with Gasteiger partial charge in [-0.1, -0.05) is 29.8 Å². The lowest BCUT2D eigenvalue weighted by Crippen LogP contribution is -2.10. The van der Waals surface area contributed by atoms with Crippen molar-refractivity contribution in [3.8, 4) is 5.69 Å². The van der Waals surface area contributed by atoms with Crippen molar-refractivity contribution in [2.45, 2.75) is 0 Å². The summed E-state index contributed by atoms with van der Waals surface area (Å²) in [6.45, 7) is 0. The van der Waals surface area contributed by atoms with E-state index in [1.165, 1.54) is 0 Å². The fourth-order valence-electron chi connectivity index (χ4n) is 2.14. The van der Waals surface area contributed by atoms with E-state index >= 15 is 0 Å². The smallest absolute Gasteiger partial charge is 0.211 e. The summed E-state index contributed by atoms with van der Waals surface area (Å²) in [6, 6.07) is 15.9. The zero-order chi connectivity index (χ0) is 14.8. The Morgan fingerprint density at radius 1 is 1.10 bits per heavy atom. The van der Waals surface area contributed by atoms with Crippen molar-refractivity contribution in [1.82, 2.24) is 9.78 Å². The molecule has 0 fully saturated rings. The number of benzene rings is 2. The summed E-state index contributed by atoms with van der Waals surface area (Å²) in [4.78, 5) is 12.6. The number of para-hydroxylation sites is 1. The Hall–Kier alpha value is -2.59. The fraction of sp³-hybridized carbons (Fsp3) is 0. The van der Waals surface area contributed by atoms with E-state index in [0.717, 1.165) is 5.69 Å². The zero-order valence-corrected chi connectivity index (χ0v) is 11.8. The van der Waals surface area contributed by atoms with E-state index < -0.39 is 0 Å². The molecule has 1 heterocycles. The Labute approximate surface area is 126 Å². The first-order valence-electron chi connectivity index (χ1n) is 6.35. The molecule has 0 radical (unpaired) electrons. The molecule has 0 saturated heterocycles. The van der Waals surface area contributed by atoms with E-state index in [4.69, 9.17) is 17.3 Å². The van der Waals surface area contributed by atoms with Crippen molar-refractivity contribution in [2.75, 3.05) is 5.73 Å². The molecule has 0 aliphatic heterocycles. The topological polar surface area (TPSA) is 60.9 Å². The molecule has 5 heteroatoms. The van der Waals surface area contributed by atoms with Crippen LogP contribution in [0.15, 0.2) is 60.8 Å². The van der Waals surface area contributed by atoms with Gasteiger partial charge in [0.25, 0.3) is 0 Å². The van der Waals surface area contributed by atoms with Crippen molar-refractivity contribution in [3.63, 3.8) is 0 Å². The van der Waals surface area contributed by atoms with E-state index in [9.17, 15) is 4.79 Å². The second-order valence-electron chi connectivity index (χ2n) is 4.57. The number of hydrogen-bond acceptors (Lipinski definition) is 3. The molecule has 21 heavy (non-hydrogen) atoms. The van der Waals surface area contributed by atoms with Gasteiger partial charge in [0.05, 0.1) is 11.9 Å². The van der Waals surface area contributed by atoms with Crippen LogP contribution in [0.4, 0.5) is 5.69 Å². The van der Waals surface area contributed by atoms with Crippen LogP contribution >= 0.6 is 11.6 Å². The molecule has 0 amide bonds. The van der Waals surface area contributed by atoms with Gasteiger partial charge >= 0.3 is 0 Å². The van der Waals surface area contributed by atoms with Gasteiger partial charge in [-0.25, -0.2) is 4.68 Å². The molecule has 0 unspecified atom stereocenters. The van der Waals surface area contributed by atoms with E-state index in [1.54, 1.807) is 35.1 Å². The summed E-state index contributed by atoms with van der Waals surface area (Å²) in [5.74, 6) is -0.175. The Kier molecular flexibility index (Phi) is 3.46. The monoisotopic (exact) mass is 297 g/mol. The largest absolute Gasteiger partial charge is 0.399 e. The summed E-state index contributed by atoms with van der Waals surface area (Å²) in [5, 5.41) is 4.64. The van der Waals surface area contributed by atoms with Crippen molar-refractivity contribution in [1.29, 1.82) is 0 Å². The summed E-state index contributed by atoms with van der Waals surface area (Å²) in [7, 11) is 0. The average molecular weight is 298 g/mol. The molecule has 2 N–H and O–H groups in total. The highest BCUT2D eigenvalue weighted by Gasteiger charge is 2.16. The number of nitrogens with two attached hydrogens (primary N) is 1.